The number of carbonyl (C=O) groups is 2. The Morgan fingerprint density at radius 3 is 2.71 bits per heavy atom. The van der Waals surface area contributed by atoms with Gasteiger partial charge in [-0.25, -0.2) is 4.98 Å². The van der Waals surface area contributed by atoms with E-state index in [1.165, 1.54) is 0 Å². The minimum absolute atomic E-state index is 0.0859. The third-order valence-corrected chi connectivity index (χ3v) is 4.77. The molecule has 1 aliphatic heterocycles. The number of nitrogens with one attached hydrogen (secondary N) is 3. The van der Waals surface area contributed by atoms with E-state index >= 15 is 0 Å². The summed E-state index contributed by atoms with van der Waals surface area (Å²) in [4.78, 5) is 28.1. The number of alkyl halides is 3. The topological polar surface area (TPSA) is 92.4 Å². The largest absolute Gasteiger partial charge is 0.417 e. The molecule has 0 spiro atoms. The molecule has 7 nitrogen and oxygen atoms in total. The van der Waals surface area contributed by atoms with Gasteiger partial charge in [0.2, 0.25) is 0 Å². The average molecular weight is 457 g/mol. The van der Waals surface area contributed by atoms with Crippen molar-refractivity contribution in [3.05, 3.63) is 52.7 Å². The Morgan fingerprint density at radius 2 is 2.03 bits per heavy atom. The lowest BCUT2D eigenvalue weighted by Gasteiger charge is -2.12. The molecule has 0 aliphatic carbocycles. The van der Waals surface area contributed by atoms with Crippen molar-refractivity contribution in [2.45, 2.75) is 25.1 Å². The Balaban J connectivity index is 1.48. The van der Waals surface area contributed by atoms with Gasteiger partial charge in [0.15, 0.2) is 0 Å². The molecule has 31 heavy (non-hydrogen) atoms. The van der Waals surface area contributed by atoms with Crippen molar-refractivity contribution in [2.24, 2.45) is 0 Å². The van der Waals surface area contributed by atoms with Crippen LogP contribution >= 0.6 is 11.6 Å². The predicted molar refractivity (Wildman–Crippen MR) is 109 cm³/mol. The lowest BCUT2D eigenvalue weighted by molar-refractivity contribution is -0.137. The standard InChI is InChI=1S/C20H20ClF3N4O3/c21-15-10-13(20(22,23)24)11-27-17(15)25-6-7-26-18(29)12-3-1-4-14(9-12)28-19(30)16-5-2-8-31-16/h1,3-4,9-11,16H,2,5-8H2,(H,25,27)(H,26,29)(H,28,30). The zero-order valence-corrected chi connectivity index (χ0v) is 17.0. The van der Waals surface area contributed by atoms with Gasteiger partial charge >= 0.3 is 6.18 Å². The Kier molecular flexibility index (Phi) is 7.34. The van der Waals surface area contributed by atoms with Crippen LogP contribution < -0.4 is 16.0 Å². The summed E-state index contributed by atoms with van der Waals surface area (Å²) in [6.45, 7) is 0.922. The fourth-order valence-electron chi connectivity index (χ4n) is 2.93. The Bertz CT molecular complexity index is 950. The summed E-state index contributed by atoms with van der Waals surface area (Å²) in [6, 6.07) is 7.24. The summed E-state index contributed by atoms with van der Waals surface area (Å²) in [5.41, 5.74) is -0.120. The molecule has 0 bridgehead atoms. The van der Waals surface area contributed by atoms with E-state index in [2.05, 4.69) is 20.9 Å². The Hall–Kier alpha value is -2.85. The molecule has 1 unspecified atom stereocenters. The number of hydrogen-bond donors (Lipinski definition) is 3. The van der Waals surface area contributed by atoms with E-state index in [0.717, 1.165) is 12.5 Å². The monoisotopic (exact) mass is 456 g/mol. The van der Waals surface area contributed by atoms with Gasteiger partial charge < -0.3 is 20.7 Å². The highest BCUT2D eigenvalue weighted by Gasteiger charge is 2.31. The van der Waals surface area contributed by atoms with Crippen LogP contribution in [0.4, 0.5) is 24.7 Å². The first-order valence-corrected chi connectivity index (χ1v) is 9.89. The molecular formula is C20H20ClF3N4O3. The summed E-state index contributed by atoms with van der Waals surface area (Å²) < 4.78 is 43.2. The van der Waals surface area contributed by atoms with Gasteiger partial charge in [-0.05, 0) is 37.1 Å². The number of nitrogens with zero attached hydrogens (tertiary/aromatic N) is 1. The molecule has 1 fully saturated rings. The first-order chi connectivity index (χ1) is 14.7. The molecule has 1 aliphatic rings. The fourth-order valence-corrected chi connectivity index (χ4v) is 3.16. The van der Waals surface area contributed by atoms with Crippen molar-refractivity contribution >= 4 is 34.9 Å². The number of pyridine rings is 1. The highest BCUT2D eigenvalue weighted by Crippen LogP contribution is 2.32. The zero-order chi connectivity index (χ0) is 22.4. The quantitative estimate of drug-likeness (QED) is 0.552. The number of anilines is 2. The Morgan fingerprint density at radius 1 is 1.23 bits per heavy atom. The van der Waals surface area contributed by atoms with Gasteiger partial charge in [0.25, 0.3) is 11.8 Å². The van der Waals surface area contributed by atoms with Crippen molar-refractivity contribution in [1.29, 1.82) is 0 Å². The number of hydrogen-bond acceptors (Lipinski definition) is 5. The number of rotatable bonds is 7. The molecule has 2 aromatic rings. The van der Waals surface area contributed by atoms with Gasteiger partial charge in [0, 0.05) is 37.1 Å². The van der Waals surface area contributed by atoms with E-state index < -0.39 is 17.8 Å². The van der Waals surface area contributed by atoms with E-state index in [0.29, 0.717) is 30.5 Å². The molecular weight excluding hydrogens is 437 g/mol. The minimum atomic E-state index is -4.53. The third kappa shape index (κ3) is 6.31. The van der Waals surface area contributed by atoms with Gasteiger partial charge in [-0.2, -0.15) is 13.2 Å². The van der Waals surface area contributed by atoms with Crippen molar-refractivity contribution in [3.8, 4) is 0 Å². The first kappa shape index (κ1) is 22.8. The molecule has 11 heteroatoms. The van der Waals surface area contributed by atoms with E-state index in [4.69, 9.17) is 16.3 Å². The zero-order valence-electron chi connectivity index (χ0n) is 16.3. The summed E-state index contributed by atoms with van der Waals surface area (Å²) in [5, 5.41) is 8.00. The van der Waals surface area contributed by atoms with Crippen LogP contribution in [0.5, 0.6) is 0 Å². The SMILES string of the molecule is O=C(NCCNc1ncc(C(F)(F)F)cc1Cl)c1cccc(NC(=O)C2CCCO2)c1. The average Bonchev–Trinajstić information content (AvgIpc) is 3.26. The maximum atomic E-state index is 12.6. The second-order valence-corrected chi connectivity index (χ2v) is 7.21. The summed E-state index contributed by atoms with van der Waals surface area (Å²) >= 11 is 5.82. The van der Waals surface area contributed by atoms with Crippen LogP contribution in [0.15, 0.2) is 36.5 Å². The number of halogens is 4. The van der Waals surface area contributed by atoms with Crippen LogP contribution in [0, 0.1) is 0 Å². The third-order valence-electron chi connectivity index (χ3n) is 4.49. The number of carbonyl (C=O) groups excluding carboxylic acids is 2. The Labute approximate surface area is 181 Å². The maximum absolute atomic E-state index is 12.6. The molecule has 2 amide bonds. The molecule has 2 heterocycles. The van der Waals surface area contributed by atoms with E-state index in [1.54, 1.807) is 24.3 Å². The number of aromatic nitrogens is 1. The van der Waals surface area contributed by atoms with Gasteiger partial charge in [-0.1, -0.05) is 17.7 Å². The second-order valence-electron chi connectivity index (χ2n) is 6.81. The molecule has 1 aromatic heterocycles. The predicted octanol–water partition coefficient (Wildman–Crippen LogP) is 3.71. The molecule has 0 radical (unpaired) electrons. The van der Waals surface area contributed by atoms with Gasteiger partial charge in [-0.3, -0.25) is 9.59 Å². The normalized spacial score (nSPS) is 16.1. The van der Waals surface area contributed by atoms with Crippen molar-refractivity contribution < 1.29 is 27.5 Å². The van der Waals surface area contributed by atoms with Crippen molar-refractivity contribution in [1.82, 2.24) is 10.3 Å². The van der Waals surface area contributed by atoms with Crippen LogP contribution in [0.1, 0.15) is 28.8 Å². The summed E-state index contributed by atoms with van der Waals surface area (Å²) in [5.74, 6) is -0.538. The number of benzene rings is 1. The van der Waals surface area contributed by atoms with Gasteiger partial charge in [0.1, 0.15) is 11.9 Å². The van der Waals surface area contributed by atoms with Crippen LogP contribution in [-0.2, 0) is 15.7 Å². The van der Waals surface area contributed by atoms with Crippen LogP contribution in [0.3, 0.4) is 0 Å². The van der Waals surface area contributed by atoms with Crippen LogP contribution in [-0.4, -0.2) is 42.6 Å². The summed E-state index contributed by atoms with van der Waals surface area (Å²) in [6.07, 6.45) is -2.82. The van der Waals surface area contributed by atoms with E-state index in [9.17, 15) is 22.8 Å². The van der Waals surface area contributed by atoms with Crippen molar-refractivity contribution in [2.75, 3.05) is 30.3 Å². The van der Waals surface area contributed by atoms with Gasteiger partial charge in [-0.15, -0.1) is 0 Å². The molecule has 3 rings (SSSR count). The number of amides is 2. The molecule has 1 aromatic carbocycles. The van der Waals surface area contributed by atoms with E-state index in [1.807, 2.05) is 0 Å². The maximum Gasteiger partial charge on any atom is 0.417 e. The molecule has 0 saturated carbocycles. The molecule has 1 saturated heterocycles. The van der Waals surface area contributed by atoms with Crippen molar-refractivity contribution in [3.63, 3.8) is 0 Å². The lowest BCUT2D eigenvalue weighted by Crippen LogP contribution is -2.29. The minimum Gasteiger partial charge on any atom is -0.368 e. The summed E-state index contributed by atoms with van der Waals surface area (Å²) in [7, 11) is 0. The highest BCUT2D eigenvalue weighted by molar-refractivity contribution is 6.32. The smallest absolute Gasteiger partial charge is 0.368 e. The highest BCUT2D eigenvalue weighted by atomic mass is 35.5. The van der Waals surface area contributed by atoms with E-state index in [-0.39, 0.29) is 35.7 Å². The van der Waals surface area contributed by atoms with Crippen LogP contribution in [0.2, 0.25) is 5.02 Å². The lowest BCUT2D eigenvalue weighted by atomic mass is 10.1. The first-order valence-electron chi connectivity index (χ1n) is 9.51. The number of ether oxygens (including phenoxy) is 1. The molecule has 166 valence electrons. The fraction of sp³-hybridized carbons (Fsp3) is 0.350. The second kappa shape index (κ2) is 9.97. The molecule has 3 N–H and O–H groups in total. The molecule has 1 atom stereocenters. The van der Waals surface area contributed by atoms with Crippen LogP contribution in [0.25, 0.3) is 0 Å². The van der Waals surface area contributed by atoms with Gasteiger partial charge in [0.05, 0.1) is 10.6 Å².